The standard InChI is InChI=1S/C19H23FN2O3S/c1-13-8-10-16(11-9-13)14(2)21-19(23)15(3)22(26(4,24)25)18-7-5-6-17(20)12-18/h5-12,14-15H,1-4H3,(H,21,23)/t14-,15-/m0/s1. The summed E-state index contributed by atoms with van der Waals surface area (Å²) in [5.41, 5.74) is 2.13. The molecule has 0 aromatic heterocycles. The molecule has 1 amide bonds. The highest BCUT2D eigenvalue weighted by Gasteiger charge is 2.30. The van der Waals surface area contributed by atoms with E-state index in [-0.39, 0.29) is 11.7 Å². The monoisotopic (exact) mass is 378 g/mol. The molecule has 7 heteroatoms. The molecule has 0 radical (unpaired) electrons. The smallest absolute Gasteiger partial charge is 0.244 e. The van der Waals surface area contributed by atoms with Gasteiger partial charge in [-0.2, -0.15) is 0 Å². The third-order valence-electron chi connectivity index (χ3n) is 4.09. The topological polar surface area (TPSA) is 66.5 Å². The normalized spacial score (nSPS) is 13.7. The molecule has 0 aliphatic heterocycles. The van der Waals surface area contributed by atoms with Gasteiger partial charge in [0.15, 0.2) is 0 Å². The SMILES string of the molecule is Cc1ccc([C@H](C)NC(=O)[C@H](C)N(c2cccc(F)c2)S(C)(=O)=O)cc1. The maximum Gasteiger partial charge on any atom is 0.244 e. The first-order chi connectivity index (χ1) is 12.1. The predicted molar refractivity (Wildman–Crippen MR) is 101 cm³/mol. The number of hydrogen-bond acceptors (Lipinski definition) is 3. The van der Waals surface area contributed by atoms with Crippen LogP contribution in [0.4, 0.5) is 10.1 Å². The largest absolute Gasteiger partial charge is 0.348 e. The molecule has 0 fully saturated rings. The van der Waals surface area contributed by atoms with Gasteiger partial charge in [0.2, 0.25) is 15.9 Å². The highest BCUT2D eigenvalue weighted by Crippen LogP contribution is 2.22. The molecule has 0 saturated carbocycles. The van der Waals surface area contributed by atoms with Crippen LogP contribution >= 0.6 is 0 Å². The van der Waals surface area contributed by atoms with Crippen molar-refractivity contribution in [3.05, 3.63) is 65.5 Å². The van der Waals surface area contributed by atoms with Crippen molar-refractivity contribution in [1.82, 2.24) is 5.32 Å². The number of aryl methyl sites for hydroxylation is 1. The van der Waals surface area contributed by atoms with Gasteiger partial charge < -0.3 is 5.32 Å². The number of nitrogens with zero attached hydrogens (tertiary/aromatic N) is 1. The third-order valence-corrected chi connectivity index (χ3v) is 5.33. The Morgan fingerprint density at radius 2 is 1.73 bits per heavy atom. The second-order valence-corrected chi connectivity index (χ2v) is 8.22. The van der Waals surface area contributed by atoms with Crippen LogP contribution in [0.3, 0.4) is 0 Å². The number of hydrogen-bond donors (Lipinski definition) is 1. The Balaban J connectivity index is 2.23. The molecule has 2 rings (SSSR count). The highest BCUT2D eigenvalue weighted by molar-refractivity contribution is 7.92. The van der Waals surface area contributed by atoms with Crippen LogP contribution in [-0.2, 0) is 14.8 Å². The minimum Gasteiger partial charge on any atom is -0.348 e. The molecule has 5 nitrogen and oxygen atoms in total. The molecule has 0 spiro atoms. The van der Waals surface area contributed by atoms with Gasteiger partial charge in [-0.1, -0.05) is 35.9 Å². The summed E-state index contributed by atoms with van der Waals surface area (Å²) in [4.78, 5) is 12.6. The van der Waals surface area contributed by atoms with Crippen LogP contribution in [0.2, 0.25) is 0 Å². The predicted octanol–water partition coefficient (Wildman–Crippen LogP) is 3.17. The third kappa shape index (κ3) is 4.82. The maximum absolute atomic E-state index is 13.5. The van der Waals surface area contributed by atoms with Crippen LogP contribution in [0, 0.1) is 12.7 Å². The number of carbonyl (C=O) groups is 1. The first-order valence-electron chi connectivity index (χ1n) is 8.21. The average Bonchev–Trinajstić information content (AvgIpc) is 2.54. The molecule has 26 heavy (non-hydrogen) atoms. The molecular formula is C19H23FN2O3S. The average molecular weight is 378 g/mol. The summed E-state index contributed by atoms with van der Waals surface area (Å²) >= 11 is 0. The number of nitrogens with one attached hydrogen (secondary N) is 1. The van der Waals surface area contributed by atoms with E-state index in [1.807, 2.05) is 38.1 Å². The van der Waals surface area contributed by atoms with Crippen LogP contribution < -0.4 is 9.62 Å². The molecule has 140 valence electrons. The van der Waals surface area contributed by atoms with Gasteiger partial charge >= 0.3 is 0 Å². The second kappa shape index (κ2) is 7.86. The van der Waals surface area contributed by atoms with Gasteiger partial charge in [0, 0.05) is 0 Å². The lowest BCUT2D eigenvalue weighted by molar-refractivity contribution is -0.122. The summed E-state index contributed by atoms with van der Waals surface area (Å²) in [5, 5.41) is 2.81. The number of amides is 1. The van der Waals surface area contributed by atoms with E-state index in [0.717, 1.165) is 27.8 Å². The van der Waals surface area contributed by atoms with E-state index in [1.165, 1.54) is 25.1 Å². The zero-order chi connectivity index (χ0) is 19.5. The number of carbonyl (C=O) groups excluding carboxylic acids is 1. The number of halogens is 1. The number of anilines is 1. The van der Waals surface area contributed by atoms with Crippen LogP contribution in [0.25, 0.3) is 0 Å². The van der Waals surface area contributed by atoms with Crippen LogP contribution in [0.5, 0.6) is 0 Å². The molecule has 2 aromatic rings. The minimum atomic E-state index is -3.78. The first kappa shape index (κ1) is 19.9. The lowest BCUT2D eigenvalue weighted by Gasteiger charge is -2.29. The van der Waals surface area contributed by atoms with Crippen molar-refractivity contribution < 1.29 is 17.6 Å². The molecular weight excluding hydrogens is 355 g/mol. The Labute approximate surface area is 153 Å². The van der Waals surface area contributed by atoms with Gasteiger partial charge in [-0.3, -0.25) is 9.10 Å². The lowest BCUT2D eigenvalue weighted by atomic mass is 10.1. The second-order valence-electron chi connectivity index (χ2n) is 6.36. The Bertz CT molecular complexity index is 882. The molecule has 0 saturated heterocycles. The van der Waals surface area contributed by atoms with Gasteiger partial charge in [-0.15, -0.1) is 0 Å². The van der Waals surface area contributed by atoms with E-state index in [9.17, 15) is 17.6 Å². The fourth-order valence-electron chi connectivity index (χ4n) is 2.69. The van der Waals surface area contributed by atoms with E-state index in [4.69, 9.17) is 0 Å². The molecule has 0 aliphatic carbocycles. The summed E-state index contributed by atoms with van der Waals surface area (Å²) in [5.74, 6) is -1.04. The van der Waals surface area contributed by atoms with E-state index < -0.39 is 27.8 Å². The van der Waals surface area contributed by atoms with E-state index in [0.29, 0.717) is 0 Å². The van der Waals surface area contributed by atoms with Crippen molar-refractivity contribution in [2.24, 2.45) is 0 Å². The quantitative estimate of drug-likeness (QED) is 0.840. The number of rotatable bonds is 6. The van der Waals surface area contributed by atoms with Crippen LogP contribution in [0.15, 0.2) is 48.5 Å². The van der Waals surface area contributed by atoms with Crippen LogP contribution in [0.1, 0.15) is 31.0 Å². The minimum absolute atomic E-state index is 0.109. The Morgan fingerprint density at radius 3 is 2.27 bits per heavy atom. The van der Waals surface area contributed by atoms with Crippen molar-refractivity contribution >= 4 is 21.6 Å². The van der Waals surface area contributed by atoms with Gasteiger partial charge in [0.25, 0.3) is 0 Å². The van der Waals surface area contributed by atoms with E-state index >= 15 is 0 Å². The van der Waals surface area contributed by atoms with Crippen molar-refractivity contribution in [3.8, 4) is 0 Å². The summed E-state index contributed by atoms with van der Waals surface area (Å²) in [6.45, 7) is 5.27. The summed E-state index contributed by atoms with van der Waals surface area (Å²) in [7, 11) is -3.78. The zero-order valence-electron chi connectivity index (χ0n) is 15.2. The Hall–Kier alpha value is -2.41. The van der Waals surface area contributed by atoms with Crippen molar-refractivity contribution in [1.29, 1.82) is 0 Å². The molecule has 0 bridgehead atoms. The van der Waals surface area contributed by atoms with Gasteiger partial charge in [0.1, 0.15) is 11.9 Å². The zero-order valence-corrected chi connectivity index (χ0v) is 16.0. The van der Waals surface area contributed by atoms with E-state index in [2.05, 4.69) is 5.32 Å². The van der Waals surface area contributed by atoms with Crippen molar-refractivity contribution in [2.75, 3.05) is 10.6 Å². The highest BCUT2D eigenvalue weighted by atomic mass is 32.2. The molecule has 0 unspecified atom stereocenters. The molecule has 0 aliphatic rings. The molecule has 0 heterocycles. The van der Waals surface area contributed by atoms with Crippen molar-refractivity contribution in [3.63, 3.8) is 0 Å². The number of sulfonamides is 1. The van der Waals surface area contributed by atoms with E-state index in [1.54, 1.807) is 0 Å². The maximum atomic E-state index is 13.5. The molecule has 2 atom stereocenters. The molecule has 1 N–H and O–H groups in total. The summed E-state index contributed by atoms with van der Waals surface area (Å²) in [6.07, 6.45) is 0.991. The fourth-order valence-corrected chi connectivity index (χ4v) is 3.86. The fraction of sp³-hybridized carbons (Fsp3) is 0.316. The Kier molecular flexibility index (Phi) is 6.02. The lowest BCUT2D eigenvalue weighted by Crippen LogP contribution is -2.48. The summed E-state index contributed by atoms with van der Waals surface area (Å²) in [6, 6.07) is 11.5. The molecule has 2 aromatic carbocycles. The van der Waals surface area contributed by atoms with Gasteiger partial charge in [-0.25, -0.2) is 12.8 Å². The first-order valence-corrected chi connectivity index (χ1v) is 10.1. The van der Waals surface area contributed by atoms with Gasteiger partial charge in [0.05, 0.1) is 18.0 Å². The van der Waals surface area contributed by atoms with Crippen LogP contribution in [-0.4, -0.2) is 26.6 Å². The number of benzene rings is 2. The van der Waals surface area contributed by atoms with Crippen molar-refractivity contribution in [2.45, 2.75) is 32.9 Å². The summed E-state index contributed by atoms with van der Waals surface area (Å²) < 4.78 is 38.9. The Morgan fingerprint density at radius 1 is 1.12 bits per heavy atom. The van der Waals surface area contributed by atoms with Gasteiger partial charge in [-0.05, 0) is 44.5 Å².